The normalized spacial score (nSPS) is 19.1. The van der Waals surface area contributed by atoms with Crippen LogP contribution >= 0.6 is 22.7 Å². The van der Waals surface area contributed by atoms with Crippen molar-refractivity contribution in [2.75, 3.05) is 26.2 Å². The minimum atomic E-state index is -3.44. The van der Waals surface area contributed by atoms with Crippen LogP contribution in [0.2, 0.25) is 0 Å². The lowest BCUT2D eigenvalue weighted by atomic mass is 9.95. The number of hydrogen-bond acceptors (Lipinski definition) is 7. The van der Waals surface area contributed by atoms with Crippen LogP contribution < -0.4 is 4.74 Å². The number of carbonyl (C=O) groups is 1. The zero-order valence-corrected chi connectivity index (χ0v) is 21.8. The van der Waals surface area contributed by atoms with Crippen molar-refractivity contribution in [1.29, 1.82) is 0 Å². The number of piperidine rings is 2. The summed E-state index contributed by atoms with van der Waals surface area (Å²) in [6.45, 7) is 6.28. The van der Waals surface area contributed by atoms with E-state index in [2.05, 4.69) is 26.0 Å². The molecule has 0 bridgehead atoms. The van der Waals surface area contributed by atoms with E-state index in [0.29, 0.717) is 48.4 Å². The number of thiazole rings is 1. The van der Waals surface area contributed by atoms with Crippen LogP contribution in [0.3, 0.4) is 0 Å². The average molecular weight is 520 g/mol. The Balaban J connectivity index is 1.13. The van der Waals surface area contributed by atoms with Crippen molar-refractivity contribution in [1.82, 2.24) is 14.2 Å². The highest BCUT2D eigenvalue weighted by molar-refractivity contribution is 7.91. The molecule has 0 N–H and O–H groups in total. The van der Waals surface area contributed by atoms with Gasteiger partial charge in [0.2, 0.25) is 5.91 Å². The van der Waals surface area contributed by atoms with Gasteiger partial charge in [-0.05, 0) is 49.3 Å². The number of fused-ring (bicyclic) bond motifs is 1. The van der Waals surface area contributed by atoms with Gasteiger partial charge in [-0.25, -0.2) is 13.4 Å². The first-order chi connectivity index (χ1) is 16.3. The molecule has 34 heavy (non-hydrogen) atoms. The van der Waals surface area contributed by atoms with E-state index in [0.717, 1.165) is 23.9 Å². The summed E-state index contributed by atoms with van der Waals surface area (Å²) in [6.07, 6.45) is 2.77. The maximum atomic E-state index is 13.1. The van der Waals surface area contributed by atoms with Crippen LogP contribution in [0.1, 0.15) is 36.8 Å². The molecule has 0 aliphatic carbocycles. The molecule has 0 radical (unpaired) electrons. The van der Waals surface area contributed by atoms with Gasteiger partial charge < -0.3 is 9.64 Å². The first-order valence-electron chi connectivity index (χ1n) is 11.7. The van der Waals surface area contributed by atoms with Crippen molar-refractivity contribution in [2.24, 2.45) is 5.92 Å². The molecule has 0 spiro atoms. The topological polar surface area (TPSA) is 79.8 Å². The van der Waals surface area contributed by atoms with E-state index in [9.17, 15) is 13.2 Å². The van der Waals surface area contributed by atoms with Crippen LogP contribution in [-0.2, 0) is 14.8 Å². The highest BCUT2D eigenvalue weighted by Gasteiger charge is 2.35. The molecule has 0 unspecified atom stereocenters. The fourth-order valence-corrected chi connectivity index (χ4v) is 8.41. The lowest BCUT2D eigenvalue weighted by molar-refractivity contribution is -0.138. The van der Waals surface area contributed by atoms with Gasteiger partial charge in [0.05, 0.1) is 10.2 Å². The van der Waals surface area contributed by atoms with Crippen LogP contribution in [0, 0.1) is 19.8 Å². The molecular weight excluding hydrogens is 490 g/mol. The van der Waals surface area contributed by atoms with E-state index >= 15 is 0 Å². The van der Waals surface area contributed by atoms with Crippen molar-refractivity contribution in [3.63, 3.8) is 0 Å². The highest BCUT2D eigenvalue weighted by atomic mass is 32.2. The Hall–Kier alpha value is -2.01. The summed E-state index contributed by atoms with van der Waals surface area (Å²) < 4.78 is 34.7. The highest BCUT2D eigenvalue weighted by Crippen LogP contribution is 2.34. The molecule has 2 aromatic heterocycles. The second-order valence-electron chi connectivity index (χ2n) is 9.11. The molecule has 2 aliphatic heterocycles. The molecule has 7 nitrogen and oxygen atoms in total. The minimum Gasteiger partial charge on any atom is -0.467 e. The van der Waals surface area contributed by atoms with Gasteiger partial charge in [0.25, 0.3) is 15.2 Å². The number of ether oxygens (including phenoxy) is 1. The number of carbonyl (C=O) groups excluding carboxylic acids is 1. The maximum Gasteiger partial charge on any atom is 0.274 e. The van der Waals surface area contributed by atoms with Gasteiger partial charge in [-0.1, -0.05) is 29.5 Å². The fourth-order valence-electron chi connectivity index (χ4n) is 4.77. The lowest BCUT2D eigenvalue weighted by Gasteiger charge is -2.36. The van der Waals surface area contributed by atoms with Crippen molar-refractivity contribution >= 4 is 48.8 Å². The molecule has 4 heterocycles. The standard InChI is InChI=1S/C24H29N3O4S3/c1-16-5-6-17(2)22-21(16)25-24(33-22)31-19-9-11-26(12-10-19)23(28)18-7-13-27(14-8-18)34(29,30)20-4-3-15-32-20/h3-6,15,18-19H,7-14H2,1-2H3. The van der Waals surface area contributed by atoms with Gasteiger partial charge in [-0.2, -0.15) is 4.31 Å². The number of sulfonamides is 1. The van der Waals surface area contributed by atoms with E-state index in [1.807, 2.05) is 4.90 Å². The van der Waals surface area contributed by atoms with Crippen LogP contribution in [0.15, 0.2) is 33.9 Å². The Morgan fingerprint density at radius 1 is 1.03 bits per heavy atom. The fraction of sp³-hybridized carbons (Fsp3) is 0.500. The number of likely N-dealkylation sites (tertiary alicyclic amines) is 1. The predicted molar refractivity (Wildman–Crippen MR) is 135 cm³/mol. The third-order valence-electron chi connectivity index (χ3n) is 6.84. The Morgan fingerprint density at radius 2 is 1.74 bits per heavy atom. The van der Waals surface area contributed by atoms with E-state index in [-0.39, 0.29) is 17.9 Å². The molecule has 0 atom stereocenters. The minimum absolute atomic E-state index is 0.0583. The molecule has 2 saturated heterocycles. The number of benzene rings is 1. The Labute approximate surface area is 208 Å². The van der Waals surface area contributed by atoms with Crippen molar-refractivity contribution in [2.45, 2.75) is 49.8 Å². The van der Waals surface area contributed by atoms with Gasteiger partial charge >= 0.3 is 0 Å². The van der Waals surface area contributed by atoms with E-state index in [1.165, 1.54) is 25.9 Å². The van der Waals surface area contributed by atoms with E-state index in [4.69, 9.17) is 9.72 Å². The Bertz CT molecular complexity index is 1230. The number of aromatic nitrogens is 1. The zero-order chi connectivity index (χ0) is 23.9. The molecule has 10 heteroatoms. The van der Waals surface area contributed by atoms with Crippen LogP contribution in [0.25, 0.3) is 10.2 Å². The van der Waals surface area contributed by atoms with Gasteiger partial charge in [-0.3, -0.25) is 4.79 Å². The van der Waals surface area contributed by atoms with Gasteiger partial charge in [-0.15, -0.1) is 11.3 Å². The summed E-state index contributed by atoms with van der Waals surface area (Å²) in [5.74, 6) is 0.0420. The summed E-state index contributed by atoms with van der Waals surface area (Å²) in [4.78, 5) is 19.7. The quantitative estimate of drug-likeness (QED) is 0.498. The number of amides is 1. The molecule has 2 fully saturated rings. The summed E-state index contributed by atoms with van der Waals surface area (Å²) in [6, 6.07) is 7.60. The number of hydrogen-bond donors (Lipinski definition) is 0. The number of thiophene rings is 1. The number of rotatable bonds is 5. The molecule has 0 saturated carbocycles. The van der Waals surface area contributed by atoms with Crippen molar-refractivity contribution in [3.8, 4) is 5.19 Å². The molecular formula is C24H29N3O4S3. The molecule has 182 valence electrons. The molecule has 3 aromatic rings. The maximum absolute atomic E-state index is 13.1. The average Bonchev–Trinajstić information content (AvgIpc) is 3.53. The predicted octanol–water partition coefficient (Wildman–Crippen LogP) is 4.45. The molecule has 1 amide bonds. The second-order valence-corrected chi connectivity index (χ2v) is 13.2. The van der Waals surface area contributed by atoms with Gasteiger partial charge in [0.1, 0.15) is 10.3 Å². The smallest absolute Gasteiger partial charge is 0.274 e. The first-order valence-corrected chi connectivity index (χ1v) is 14.8. The zero-order valence-electron chi connectivity index (χ0n) is 19.4. The third kappa shape index (κ3) is 4.60. The summed E-state index contributed by atoms with van der Waals surface area (Å²) >= 11 is 2.83. The van der Waals surface area contributed by atoms with E-state index in [1.54, 1.807) is 28.8 Å². The van der Waals surface area contributed by atoms with E-state index < -0.39 is 10.0 Å². The lowest BCUT2D eigenvalue weighted by Crippen LogP contribution is -2.47. The van der Waals surface area contributed by atoms with Gasteiger partial charge in [0, 0.05) is 44.9 Å². The second kappa shape index (κ2) is 9.56. The third-order valence-corrected chi connectivity index (χ3v) is 11.2. The summed E-state index contributed by atoms with van der Waals surface area (Å²) in [5.41, 5.74) is 3.38. The van der Waals surface area contributed by atoms with Crippen molar-refractivity contribution in [3.05, 3.63) is 40.8 Å². The Morgan fingerprint density at radius 3 is 2.38 bits per heavy atom. The first kappa shape index (κ1) is 23.7. The SMILES string of the molecule is Cc1ccc(C)c2sc(OC3CCN(C(=O)C4CCN(S(=O)(=O)c5cccs5)CC4)CC3)nc12. The largest absolute Gasteiger partial charge is 0.467 e. The Kier molecular flexibility index (Phi) is 6.67. The van der Waals surface area contributed by atoms with Crippen molar-refractivity contribution < 1.29 is 17.9 Å². The number of nitrogens with zero attached hydrogens (tertiary/aromatic N) is 3. The van der Waals surface area contributed by atoms with Crippen LogP contribution in [0.5, 0.6) is 5.19 Å². The van der Waals surface area contributed by atoms with Gasteiger partial charge in [0.15, 0.2) is 0 Å². The molecule has 1 aromatic carbocycles. The van der Waals surface area contributed by atoms with Crippen LogP contribution in [0.4, 0.5) is 0 Å². The van der Waals surface area contributed by atoms with Crippen LogP contribution in [-0.4, -0.2) is 60.8 Å². The monoisotopic (exact) mass is 519 g/mol. The summed E-state index contributed by atoms with van der Waals surface area (Å²) in [7, 11) is -3.44. The summed E-state index contributed by atoms with van der Waals surface area (Å²) in [5, 5.41) is 2.48. The molecule has 2 aliphatic rings. The molecule has 5 rings (SSSR count). The number of aryl methyl sites for hydroxylation is 2.